The fourth-order valence-corrected chi connectivity index (χ4v) is 3.47. The third-order valence-electron chi connectivity index (χ3n) is 4.92. The van der Waals surface area contributed by atoms with Gasteiger partial charge in [-0.3, -0.25) is 4.90 Å². The summed E-state index contributed by atoms with van der Waals surface area (Å²) < 4.78 is 7.69. The highest BCUT2D eigenvalue weighted by Crippen LogP contribution is 2.43. The first-order valence-electron chi connectivity index (χ1n) is 8.38. The molecular formula is C18H22N2O3. The van der Waals surface area contributed by atoms with Crippen LogP contribution in [0.15, 0.2) is 24.4 Å². The Kier molecular flexibility index (Phi) is 3.83. The summed E-state index contributed by atoms with van der Waals surface area (Å²) in [6.45, 7) is 5.59. The van der Waals surface area contributed by atoms with Crippen LogP contribution in [0.3, 0.4) is 0 Å². The largest absolute Gasteiger partial charge is 0.478 e. The number of carbonyl (C=O) groups is 1. The first-order valence-corrected chi connectivity index (χ1v) is 8.38. The molecule has 1 aliphatic heterocycles. The molecule has 0 amide bonds. The number of rotatable bonds is 5. The number of carboxylic acid groups (broad SMARTS) is 1. The lowest BCUT2D eigenvalue weighted by atomic mass is 10.0. The lowest BCUT2D eigenvalue weighted by Crippen LogP contribution is -2.38. The molecule has 1 saturated carbocycles. The second kappa shape index (κ2) is 5.98. The van der Waals surface area contributed by atoms with Crippen LogP contribution in [0, 0.1) is 0 Å². The number of hydrogen-bond donors (Lipinski definition) is 1. The smallest absolute Gasteiger partial charge is 0.335 e. The Morgan fingerprint density at radius 2 is 2.00 bits per heavy atom. The molecule has 0 unspecified atom stereocenters. The van der Waals surface area contributed by atoms with Gasteiger partial charge < -0.3 is 14.4 Å². The summed E-state index contributed by atoms with van der Waals surface area (Å²) in [5, 5.41) is 10.4. The fourth-order valence-electron chi connectivity index (χ4n) is 3.47. The molecule has 0 atom stereocenters. The van der Waals surface area contributed by atoms with E-state index in [9.17, 15) is 9.90 Å². The molecule has 1 aromatic carbocycles. The van der Waals surface area contributed by atoms with Gasteiger partial charge in [0, 0.05) is 37.8 Å². The predicted octanol–water partition coefficient (Wildman–Crippen LogP) is 2.55. The van der Waals surface area contributed by atoms with Crippen molar-refractivity contribution in [2.24, 2.45) is 0 Å². The second-order valence-electron chi connectivity index (χ2n) is 6.55. The molecule has 0 bridgehead atoms. The van der Waals surface area contributed by atoms with Gasteiger partial charge in [0.1, 0.15) is 0 Å². The highest BCUT2D eigenvalue weighted by atomic mass is 16.5. The van der Waals surface area contributed by atoms with Crippen molar-refractivity contribution in [2.45, 2.75) is 25.3 Å². The molecule has 2 fully saturated rings. The predicted molar refractivity (Wildman–Crippen MR) is 88.1 cm³/mol. The fraction of sp³-hybridized carbons (Fsp3) is 0.500. The van der Waals surface area contributed by atoms with Gasteiger partial charge in [0.15, 0.2) is 0 Å². The van der Waals surface area contributed by atoms with Crippen LogP contribution in [0.1, 0.15) is 34.7 Å². The molecule has 0 spiro atoms. The van der Waals surface area contributed by atoms with Crippen LogP contribution >= 0.6 is 0 Å². The highest BCUT2D eigenvalue weighted by Gasteiger charge is 2.28. The van der Waals surface area contributed by atoms with Crippen molar-refractivity contribution < 1.29 is 14.6 Å². The zero-order valence-corrected chi connectivity index (χ0v) is 13.2. The van der Waals surface area contributed by atoms with Gasteiger partial charge in [0.05, 0.1) is 24.3 Å². The number of morpholine rings is 1. The van der Waals surface area contributed by atoms with E-state index >= 15 is 0 Å². The monoisotopic (exact) mass is 314 g/mol. The minimum absolute atomic E-state index is 0.408. The van der Waals surface area contributed by atoms with E-state index in [1.54, 1.807) is 6.07 Å². The molecule has 122 valence electrons. The van der Waals surface area contributed by atoms with E-state index in [1.165, 1.54) is 23.9 Å². The van der Waals surface area contributed by atoms with Crippen LogP contribution in [0.2, 0.25) is 0 Å². The summed E-state index contributed by atoms with van der Waals surface area (Å²) >= 11 is 0. The second-order valence-corrected chi connectivity index (χ2v) is 6.55. The maximum Gasteiger partial charge on any atom is 0.335 e. The molecule has 5 heteroatoms. The van der Waals surface area contributed by atoms with Crippen molar-refractivity contribution >= 4 is 16.9 Å². The number of ether oxygens (including phenoxy) is 1. The molecule has 0 radical (unpaired) electrons. The first-order chi connectivity index (χ1) is 11.2. The molecule has 23 heavy (non-hydrogen) atoms. The molecular weight excluding hydrogens is 292 g/mol. The molecule has 4 rings (SSSR count). The van der Waals surface area contributed by atoms with E-state index in [1.807, 2.05) is 12.1 Å². The Hall–Kier alpha value is -1.85. The third kappa shape index (κ3) is 2.99. The Morgan fingerprint density at radius 1 is 1.22 bits per heavy atom. The van der Waals surface area contributed by atoms with Gasteiger partial charge in [0.2, 0.25) is 0 Å². The molecule has 1 aromatic heterocycles. The van der Waals surface area contributed by atoms with Crippen molar-refractivity contribution in [1.82, 2.24) is 9.47 Å². The summed E-state index contributed by atoms with van der Waals surface area (Å²) in [7, 11) is 0. The lowest BCUT2D eigenvalue weighted by molar-refractivity contribution is 0.0365. The standard InChI is InChI=1S/C18H22N2O3/c21-18(22)15-11-14-3-4-20(6-5-19-7-9-23-10-8-19)17(14)16(12-15)13-1-2-13/h3-4,11-13H,1-2,5-10H2,(H,21,22). The first kappa shape index (κ1) is 14.7. The van der Waals surface area contributed by atoms with E-state index in [2.05, 4.69) is 15.7 Å². The van der Waals surface area contributed by atoms with Gasteiger partial charge in [-0.05, 0) is 42.5 Å². The van der Waals surface area contributed by atoms with Gasteiger partial charge in [-0.2, -0.15) is 0 Å². The number of nitrogens with zero attached hydrogens (tertiary/aromatic N) is 2. The summed E-state index contributed by atoms with van der Waals surface area (Å²) in [5.74, 6) is -0.302. The Balaban J connectivity index is 1.63. The molecule has 2 aromatic rings. The van der Waals surface area contributed by atoms with Crippen molar-refractivity contribution in [2.75, 3.05) is 32.8 Å². The van der Waals surface area contributed by atoms with Crippen LogP contribution < -0.4 is 0 Å². The van der Waals surface area contributed by atoms with Crippen LogP contribution in [0.25, 0.3) is 10.9 Å². The van der Waals surface area contributed by atoms with Gasteiger partial charge in [-0.1, -0.05) is 0 Å². The number of carboxylic acids is 1. The minimum atomic E-state index is -0.838. The third-order valence-corrected chi connectivity index (χ3v) is 4.92. The molecule has 1 N–H and O–H groups in total. The summed E-state index contributed by atoms with van der Waals surface area (Å²) in [6, 6.07) is 5.73. The molecule has 2 heterocycles. The summed E-state index contributed by atoms with van der Waals surface area (Å²) in [5.41, 5.74) is 2.85. The topological polar surface area (TPSA) is 54.7 Å². The maximum atomic E-state index is 11.4. The minimum Gasteiger partial charge on any atom is -0.478 e. The van der Waals surface area contributed by atoms with E-state index in [0.29, 0.717) is 11.5 Å². The zero-order valence-electron chi connectivity index (χ0n) is 13.2. The van der Waals surface area contributed by atoms with Crippen molar-refractivity contribution in [3.05, 3.63) is 35.5 Å². The molecule has 2 aliphatic rings. The summed E-state index contributed by atoms with van der Waals surface area (Å²) in [4.78, 5) is 13.8. The average molecular weight is 314 g/mol. The van der Waals surface area contributed by atoms with E-state index in [0.717, 1.165) is 44.8 Å². The van der Waals surface area contributed by atoms with E-state index in [-0.39, 0.29) is 0 Å². The van der Waals surface area contributed by atoms with Crippen LogP contribution in [0.4, 0.5) is 0 Å². The van der Waals surface area contributed by atoms with Crippen molar-refractivity contribution in [3.63, 3.8) is 0 Å². The normalized spacial score (nSPS) is 19.3. The molecule has 1 saturated heterocycles. The maximum absolute atomic E-state index is 11.4. The van der Waals surface area contributed by atoms with Crippen LogP contribution in [0.5, 0.6) is 0 Å². The SMILES string of the molecule is O=C(O)c1cc(C2CC2)c2c(ccn2CCN2CCOCC2)c1. The molecule has 1 aliphatic carbocycles. The van der Waals surface area contributed by atoms with E-state index in [4.69, 9.17) is 4.74 Å². The van der Waals surface area contributed by atoms with E-state index < -0.39 is 5.97 Å². The number of aromatic carboxylic acids is 1. The van der Waals surface area contributed by atoms with Crippen molar-refractivity contribution in [3.8, 4) is 0 Å². The van der Waals surface area contributed by atoms with Crippen molar-refractivity contribution in [1.29, 1.82) is 0 Å². The van der Waals surface area contributed by atoms with Gasteiger partial charge in [-0.15, -0.1) is 0 Å². The summed E-state index contributed by atoms with van der Waals surface area (Å²) in [6.07, 6.45) is 4.45. The zero-order chi connectivity index (χ0) is 15.8. The van der Waals surface area contributed by atoms with Crippen LogP contribution in [-0.4, -0.2) is 53.4 Å². The molecule has 5 nitrogen and oxygen atoms in total. The lowest BCUT2D eigenvalue weighted by Gasteiger charge is -2.26. The highest BCUT2D eigenvalue weighted by molar-refractivity contribution is 5.95. The van der Waals surface area contributed by atoms with Gasteiger partial charge in [-0.25, -0.2) is 4.79 Å². The quantitative estimate of drug-likeness (QED) is 0.921. The van der Waals surface area contributed by atoms with Crippen LogP contribution in [-0.2, 0) is 11.3 Å². The Labute approximate surface area is 135 Å². The number of benzene rings is 1. The Bertz CT molecular complexity index is 727. The number of aromatic nitrogens is 1. The number of hydrogen-bond acceptors (Lipinski definition) is 3. The Morgan fingerprint density at radius 3 is 2.70 bits per heavy atom. The van der Waals surface area contributed by atoms with Gasteiger partial charge in [0.25, 0.3) is 0 Å². The van der Waals surface area contributed by atoms with Gasteiger partial charge >= 0.3 is 5.97 Å². The number of fused-ring (bicyclic) bond motifs is 1. The average Bonchev–Trinajstić information content (AvgIpc) is 3.33.